The third kappa shape index (κ3) is 4.01. The van der Waals surface area contributed by atoms with Crippen LogP contribution in [-0.2, 0) is 4.79 Å². The van der Waals surface area contributed by atoms with Gasteiger partial charge in [-0.25, -0.2) is 8.78 Å². The van der Waals surface area contributed by atoms with Crippen LogP contribution in [0.2, 0.25) is 0 Å². The lowest BCUT2D eigenvalue weighted by Gasteiger charge is -2.35. The maximum atomic E-state index is 13.6. The molecule has 0 aromatic heterocycles. The summed E-state index contributed by atoms with van der Waals surface area (Å²) >= 11 is 0. The number of hydrogen-bond donors (Lipinski definition) is 1. The molecule has 1 amide bonds. The molecule has 20 heavy (non-hydrogen) atoms. The van der Waals surface area contributed by atoms with Crippen molar-refractivity contribution in [3.8, 4) is 0 Å². The zero-order valence-electron chi connectivity index (χ0n) is 11.6. The predicted octanol–water partition coefficient (Wildman–Crippen LogP) is 2.68. The van der Waals surface area contributed by atoms with Gasteiger partial charge in [0.1, 0.15) is 11.6 Å². The zero-order chi connectivity index (χ0) is 15.5. The molecule has 0 saturated heterocycles. The largest absolute Gasteiger partial charge is 0.481 e. The summed E-state index contributed by atoms with van der Waals surface area (Å²) in [7, 11) is 0. The molecule has 0 heterocycles. The van der Waals surface area contributed by atoms with Gasteiger partial charge in [0.25, 0.3) is 5.91 Å². The van der Waals surface area contributed by atoms with E-state index in [2.05, 4.69) is 0 Å². The van der Waals surface area contributed by atoms with E-state index in [1.165, 1.54) is 4.90 Å². The van der Waals surface area contributed by atoms with Gasteiger partial charge in [-0.15, -0.1) is 0 Å². The van der Waals surface area contributed by atoms with Crippen molar-refractivity contribution in [3.05, 3.63) is 35.4 Å². The molecule has 1 aromatic rings. The third-order valence-corrected chi connectivity index (χ3v) is 2.76. The van der Waals surface area contributed by atoms with Crippen molar-refractivity contribution in [2.24, 2.45) is 0 Å². The molecule has 110 valence electrons. The van der Waals surface area contributed by atoms with Crippen molar-refractivity contribution in [2.45, 2.75) is 32.7 Å². The number of rotatable bonds is 4. The first-order valence-electron chi connectivity index (χ1n) is 6.11. The molecule has 4 nitrogen and oxygen atoms in total. The molecule has 0 aliphatic rings. The van der Waals surface area contributed by atoms with E-state index in [0.29, 0.717) is 0 Å². The summed E-state index contributed by atoms with van der Waals surface area (Å²) in [4.78, 5) is 24.2. The molecule has 1 N–H and O–H groups in total. The molecule has 0 atom stereocenters. The molecule has 0 aliphatic carbocycles. The Labute approximate surface area is 116 Å². The average Bonchev–Trinajstić information content (AvgIpc) is 2.30. The Kier molecular flexibility index (Phi) is 4.81. The molecule has 1 aromatic carbocycles. The first kappa shape index (κ1) is 16.1. The topological polar surface area (TPSA) is 57.6 Å². The molecule has 0 fully saturated rings. The van der Waals surface area contributed by atoms with E-state index in [9.17, 15) is 18.4 Å². The second-order valence-corrected chi connectivity index (χ2v) is 5.40. The van der Waals surface area contributed by atoms with Crippen LogP contribution in [0.1, 0.15) is 37.6 Å². The smallest absolute Gasteiger partial charge is 0.305 e. The number of carboxylic acid groups (broad SMARTS) is 1. The fourth-order valence-corrected chi connectivity index (χ4v) is 1.76. The molecule has 6 heteroatoms. The van der Waals surface area contributed by atoms with E-state index in [1.807, 2.05) is 0 Å². The van der Waals surface area contributed by atoms with Gasteiger partial charge in [0.2, 0.25) is 0 Å². The van der Waals surface area contributed by atoms with E-state index in [1.54, 1.807) is 20.8 Å². The number of carboxylic acids is 1. The summed E-state index contributed by atoms with van der Waals surface area (Å²) in [6, 6.07) is 2.61. The number of hydrogen-bond acceptors (Lipinski definition) is 2. The van der Waals surface area contributed by atoms with Crippen LogP contribution in [0.5, 0.6) is 0 Å². The summed E-state index contributed by atoms with van der Waals surface area (Å²) in [5.41, 5.74) is -1.10. The Morgan fingerprint density at radius 1 is 1.25 bits per heavy atom. The molecule has 0 radical (unpaired) electrons. The lowest BCUT2D eigenvalue weighted by molar-refractivity contribution is -0.137. The number of carbonyl (C=O) groups is 2. The lowest BCUT2D eigenvalue weighted by Crippen LogP contribution is -2.47. The highest BCUT2D eigenvalue weighted by atomic mass is 19.1. The minimum Gasteiger partial charge on any atom is -0.481 e. The van der Waals surface area contributed by atoms with Crippen LogP contribution >= 0.6 is 0 Å². The highest BCUT2D eigenvalue weighted by Gasteiger charge is 2.29. The van der Waals surface area contributed by atoms with Gasteiger partial charge in [0.05, 0.1) is 12.0 Å². The van der Waals surface area contributed by atoms with Gasteiger partial charge in [0, 0.05) is 12.1 Å². The number of amides is 1. The van der Waals surface area contributed by atoms with Gasteiger partial charge >= 0.3 is 5.97 Å². The molecule has 0 bridgehead atoms. The fraction of sp³-hybridized carbons (Fsp3) is 0.429. The Morgan fingerprint density at radius 2 is 1.85 bits per heavy atom. The van der Waals surface area contributed by atoms with Gasteiger partial charge in [-0.3, -0.25) is 9.59 Å². The monoisotopic (exact) mass is 285 g/mol. The Morgan fingerprint density at radius 3 is 2.35 bits per heavy atom. The van der Waals surface area contributed by atoms with Crippen LogP contribution in [0.15, 0.2) is 18.2 Å². The van der Waals surface area contributed by atoms with E-state index >= 15 is 0 Å². The summed E-state index contributed by atoms with van der Waals surface area (Å²) in [6.45, 7) is 5.02. The Balaban J connectivity index is 3.10. The Hall–Kier alpha value is -1.98. The SMILES string of the molecule is CC(C)(C)N(CCC(=O)O)C(=O)c1cc(F)ccc1F. The second kappa shape index (κ2) is 5.98. The first-order chi connectivity index (χ1) is 9.12. The number of carbonyl (C=O) groups excluding carboxylic acids is 1. The van der Waals surface area contributed by atoms with Crippen LogP contribution in [-0.4, -0.2) is 34.0 Å². The maximum Gasteiger partial charge on any atom is 0.305 e. The Bertz CT molecular complexity index is 524. The molecule has 0 saturated carbocycles. The van der Waals surface area contributed by atoms with Gasteiger partial charge in [-0.05, 0) is 39.0 Å². The standard InChI is InChI=1S/C14H17F2NO3/c1-14(2,3)17(7-6-12(18)19)13(20)10-8-9(15)4-5-11(10)16/h4-5,8H,6-7H2,1-3H3,(H,18,19). The average molecular weight is 285 g/mol. The summed E-state index contributed by atoms with van der Waals surface area (Å²) < 4.78 is 26.8. The number of benzene rings is 1. The summed E-state index contributed by atoms with van der Waals surface area (Å²) in [5.74, 6) is -3.34. The number of aliphatic carboxylic acids is 1. The van der Waals surface area contributed by atoms with Crippen molar-refractivity contribution < 1.29 is 23.5 Å². The van der Waals surface area contributed by atoms with Gasteiger partial charge in [0.15, 0.2) is 0 Å². The first-order valence-corrected chi connectivity index (χ1v) is 6.11. The van der Waals surface area contributed by atoms with Crippen molar-refractivity contribution in [1.29, 1.82) is 0 Å². The third-order valence-electron chi connectivity index (χ3n) is 2.76. The number of nitrogens with zero attached hydrogens (tertiary/aromatic N) is 1. The van der Waals surface area contributed by atoms with Crippen LogP contribution in [0.25, 0.3) is 0 Å². The zero-order valence-corrected chi connectivity index (χ0v) is 11.6. The van der Waals surface area contributed by atoms with Crippen molar-refractivity contribution in [1.82, 2.24) is 4.90 Å². The van der Waals surface area contributed by atoms with E-state index in [-0.39, 0.29) is 13.0 Å². The van der Waals surface area contributed by atoms with E-state index < -0.39 is 34.6 Å². The highest BCUT2D eigenvalue weighted by Crippen LogP contribution is 2.20. The van der Waals surface area contributed by atoms with Crippen molar-refractivity contribution in [2.75, 3.05) is 6.54 Å². The molecule has 1 rings (SSSR count). The summed E-state index contributed by atoms with van der Waals surface area (Å²) in [6.07, 6.45) is -0.264. The van der Waals surface area contributed by atoms with E-state index in [4.69, 9.17) is 5.11 Å². The van der Waals surface area contributed by atoms with Crippen molar-refractivity contribution >= 4 is 11.9 Å². The van der Waals surface area contributed by atoms with Gasteiger partial charge in [-0.2, -0.15) is 0 Å². The lowest BCUT2D eigenvalue weighted by atomic mass is 10.0. The quantitative estimate of drug-likeness (QED) is 0.925. The van der Waals surface area contributed by atoms with Crippen molar-refractivity contribution in [3.63, 3.8) is 0 Å². The second-order valence-electron chi connectivity index (χ2n) is 5.40. The molecular weight excluding hydrogens is 268 g/mol. The highest BCUT2D eigenvalue weighted by molar-refractivity contribution is 5.95. The minimum absolute atomic E-state index is 0.0758. The van der Waals surface area contributed by atoms with Crippen LogP contribution in [0.4, 0.5) is 8.78 Å². The molecule has 0 unspecified atom stereocenters. The molecule has 0 aliphatic heterocycles. The van der Waals surface area contributed by atoms with Crippen LogP contribution in [0, 0.1) is 11.6 Å². The normalized spacial score (nSPS) is 11.2. The minimum atomic E-state index is -1.06. The summed E-state index contributed by atoms with van der Waals surface area (Å²) in [5, 5.41) is 8.71. The predicted molar refractivity (Wildman–Crippen MR) is 69.4 cm³/mol. The van der Waals surface area contributed by atoms with E-state index in [0.717, 1.165) is 18.2 Å². The fourth-order valence-electron chi connectivity index (χ4n) is 1.76. The molecule has 0 spiro atoms. The van der Waals surface area contributed by atoms with Gasteiger partial charge in [-0.1, -0.05) is 0 Å². The maximum absolute atomic E-state index is 13.6. The van der Waals surface area contributed by atoms with Gasteiger partial charge < -0.3 is 10.0 Å². The van der Waals surface area contributed by atoms with Crippen LogP contribution in [0.3, 0.4) is 0 Å². The number of halogens is 2. The van der Waals surface area contributed by atoms with Crippen LogP contribution < -0.4 is 0 Å². The molecular formula is C14H17F2NO3.